The van der Waals surface area contributed by atoms with Crippen LogP contribution in [0.5, 0.6) is 0 Å². The van der Waals surface area contributed by atoms with Gasteiger partial charge in [-0.1, -0.05) is 0 Å². The first-order valence-corrected chi connectivity index (χ1v) is 6.38. The molecular formula is C13H16N4O2. The molecule has 0 N–H and O–H groups in total. The van der Waals surface area contributed by atoms with Crippen molar-refractivity contribution in [1.29, 1.82) is 5.26 Å². The summed E-state index contributed by atoms with van der Waals surface area (Å²) in [4.78, 5) is 21.7. The molecule has 100 valence electrons. The third-order valence-corrected chi connectivity index (χ3v) is 3.23. The quantitative estimate of drug-likeness (QED) is 0.758. The average molecular weight is 260 g/mol. The van der Waals surface area contributed by atoms with Crippen molar-refractivity contribution in [1.82, 2.24) is 9.97 Å². The van der Waals surface area contributed by atoms with E-state index in [4.69, 9.17) is 10.00 Å². The fourth-order valence-corrected chi connectivity index (χ4v) is 2.24. The molecule has 0 unspecified atom stereocenters. The second kappa shape index (κ2) is 6.14. The molecule has 6 heteroatoms. The second-order valence-electron chi connectivity index (χ2n) is 4.39. The fraction of sp³-hybridized carbons (Fsp3) is 0.538. The highest BCUT2D eigenvalue weighted by molar-refractivity contribution is 5.73. The highest BCUT2D eigenvalue weighted by Gasteiger charge is 2.27. The zero-order valence-electron chi connectivity index (χ0n) is 10.9. The van der Waals surface area contributed by atoms with Crippen molar-refractivity contribution < 1.29 is 9.53 Å². The van der Waals surface area contributed by atoms with Crippen molar-refractivity contribution in [2.45, 2.75) is 19.8 Å². The van der Waals surface area contributed by atoms with Gasteiger partial charge in [-0.05, 0) is 19.8 Å². The van der Waals surface area contributed by atoms with E-state index >= 15 is 0 Å². The molecule has 0 amide bonds. The molecule has 0 atom stereocenters. The summed E-state index contributed by atoms with van der Waals surface area (Å²) in [5.41, 5.74) is 0.470. The van der Waals surface area contributed by atoms with E-state index in [1.165, 1.54) is 12.5 Å². The SMILES string of the molecule is CCOC(=O)C1CCN(c2ncncc2C#N)CC1. The monoisotopic (exact) mass is 260 g/mol. The van der Waals surface area contributed by atoms with Gasteiger partial charge in [-0.15, -0.1) is 0 Å². The number of anilines is 1. The van der Waals surface area contributed by atoms with Gasteiger partial charge in [0.2, 0.25) is 0 Å². The lowest BCUT2D eigenvalue weighted by molar-refractivity contribution is -0.148. The van der Waals surface area contributed by atoms with E-state index in [1.807, 2.05) is 11.8 Å². The van der Waals surface area contributed by atoms with Crippen LogP contribution in [0.1, 0.15) is 25.3 Å². The van der Waals surface area contributed by atoms with E-state index in [-0.39, 0.29) is 11.9 Å². The van der Waals surface area contributed by atoms with Gasteiger partial charge in [0.1, 0.15) is 23.8 Å². The molecule has 1 aromatic rings. The lowest BCUT2D eigenvalue weighted by atomic mass is 9.97. The Balaban J connectivity index is 2.00. The summed E-state index contributed by atoms with van der Waals surface area (Å²) in [7, 11) is 0. The van der Waals surface area contributed by atoms with Gasteiger partial charge in [0, 0.05) is 13.1 Å². The topological polar surface area (TPSA) is 79.1 Å². The third kappa shape index (κ3) is 2.99. The van der Waals surface area contributed by atoms with Gasteiger partial charge >= 0.3 is 5.97 Å². The van der Waals surface area contributed by atoms with Crippen LogP contribution in [-0.2, 0) is 9.53 Å². The Bertz CT molecular complexity index is 490. The largest absolute Gasteiger partial charge is 0.466 e. The van der Waals surface area contributed by atoms with Crippen LogP contribution in [0.25, 0.3) is 0 Å². The Hall–Kier alpha value is -2.16. The van der Waals surface area contributed by atoms with Gasteiger partial charge in [-0.2, -0.15) is 5.26 Å². The zero-order chi connectivity index (χ0) is 13.7. The number of nitrogens with zero attached hydrogens (tertiary/aromatic N) is 4. The number of carbonyl (C=O) groups is 1. The van der Waals surface area contributed by atoms with Crippen molar-refractivity contribution in [2.24, 2.45) is 5.92 Å². The zero-order valence-corrected chi connectivity index (χ0v) is 10.9. The van der Waals surface area contributed by atoms with Gasteiger partial charge in [0.05, 0.1) is 18.7 Å². The molecule has 2 rings (SSSR count). The van der Waals surface area contributed by atoms with E-state index in [2.05, 4.69) is 16.0 Å². The summed E-state index contributed by atoms with van der Waals surface area (Å²) in [5, 5.41) is 9.03. The van der Waals surface area contributed by atoms with Crippen LogP contribution < -0.4 is 4.90 Å². The average Bonchev–Trinajstić information content (AvgIpc) is 2.47. The number of hydrogen-bond acceptors (Lipinski definition) is 6. The van der Waals surface area contributed by atoms with Gasteiger partial charge in [0.25, 0.3) is 0 Å². The van der Waals surface area contributed by atoms with Crippen LogP contribution in [-0.4, -0.2) is 35.6 Å². The smallest absolute Gasteiger partial charge is 0.309 e. The molecule has 0 radical (unpaired) electrons. The first-order chi connectivity index (χ1) is 9.26. The Morgan fingerprint density at radius 3 is 2.95 bits per heavy atom. The Kier molecular flexibility index (Phi) is 4.29. The number of nitriles is 1. The van der Waals surface area contributed by atoms with Crippen molar-refractivity contribution >= 4 is 11.8 Å². The first-order valence-electron chi connectivity index (χ1n) is 6.38. The van der Waals surface area contributed by atoms with Crippen LogP contribution in [0.3, 0.4) is 0 Å². The molecule has 19 heavy (non-hydrogen) atoms. The van der Waals surface area contributed by atoms with E-state index in [9.17, 15) is 4.79 Å². The van der Waals surface area contributed by atoms with Crippen LogP contribution in [0.15, 0.2) is 12.5 Å². The molecule has 1 aliphatic heterocycles. The van der Waals surface area contributed by atoms with Gasteiger partial charge < -0.3 is 9.64 Å². The standard InChI is InChI=1S/C13H16N4O2/c1-2-19-13(18)10-3-5-17(6-4-10)12-11(7-14)8-15-9-16-12/h8-10H,2-6H2,1H3. The van der Waals surface area contributed by atoms with E-state index < -0.39 is 0 Å². The minimum atomic E-state index is -0.120. The van der Waals surface area contributed by atoms with E-state index in [0.717, 1.165) is 12.8 Å². The highest BCUT2D eigenvalue weighted by Crippen LogP contribution is 2.24. The lowest BCUT2D eigenvalue weighted by Crippen LogP contribution is -2.37. The summed E-state index contributed by atoms with van der Waals surface area (Å²) in [6.07, 6.45) is 4.41. The fourth-order valence-electron chi connectivity index (χ4n) is 2.24. The van der Waals surface area contributed by atoms with Gasteiger partial charge in [0.15, 0.2) is 0 Å². The predicted octanol–water partition coefficient (Wildman–Crippen LogP) is 1.13. The molecule has 2 heterocycles. The number of rotatable bonds is 3. The van der Waals surface area contributed by atoms with Gasteiger partial charge in [-0.3, -0.25) is 4.79 Å². The highest BCUT2D eigenvalue weighted by atomic mass is 16.5. The maximum Gasteiger partial charge on any atom is 0.309 e. The molecule has 1 aliphatic rings. The minimum Gasteiger partial charge on any atom is -0.466 e. The molecule has 0 aliphatic carbocycles. The molecule has 0 bridgehead atoms. The number of aromatic nitrogens is 2. The number of hydrogen-bond donors (Lipinski definition) is 0. The van der Waals surface area contributed by atoms with Crippen molar-refractivity contribution in [3.05, 3.63) is 18.1 Å². The molecule has 0 saturated carbocycles. The summed E-state index contributed by atoms with van der Waals surface area (Å²) in [6, 6.07) is 2.09. The number of carbonyl (C=O) groups excluding carboxylic acids is 1. The molecular weight excluding hydrogens is 244 g/mol. The van der Waals surface area contributed by atoms with Crippen LogP contribution in [0.4, 0.5) is 5.82 Å². The Morgan fingerprint density at radius 1 is 1.58 bits per heavy atom. The van der Waals surface area contributed by atoms with Crippen molar-refractivity contribution in [3.63, 3.8) is 0 Å². The van der Waals surface area contributed by atoms with Crippen molar-refractivity contribution in [2.75, 3.05) is 24.6 Å². The minimum absolute atomic E-state index is 0.0384. The summed E-state index contributed by atoms with van der Waals surface area (Å²) in [5.74, 6) is 0.494. The lowest BCUT2D eigenvalue weighted by Gasteiger charge is -2.31. The first kappa shape index (κ1) is 13.3. The summed E-state index contributed by atoms with van der Waals surface area (Å²) < 4.78 is 5.03. The van der Waals surface area contributed by atoms with Crippen molar-refractivity contribution in [3.8, 4) is 6.07 Å². The molecule has 0 aromatic carbocycles. The summed E-state index contributed by atoms with van der Waals surface area (Å²) in [6.45, 7) is 3.64. The molecule has 6 nitrogen and oxygen atoms in total. The Morgan fingerprint density at radius 2 is 2.32 bits per heavy atom. The number of esters is 1. The molecule has 1 aromatic heterocycles. The molecule has 1 fully saturated rings. The predicted molar refractivity (Wildman–Crippen MR) is 68.3 cm³/mol. The molecule has 1 saturated heterocycles. The number of ether oxygens (including phenoxy) is 1. The van der Waals surface area contributed by atoms with Gasteiger partial charge in [-0.25, -0.2) is 9.97 Å². The summed E-state index contributed by atoms with van der Waals surface area (Å²) >= 11 is 0. The second-order valence-corrected chi connectivity index (χ2v) is 4.39. The van der Waals surface area contributed by atoms with Crippen LogP contribution >= 0.6 is 0 Å². The van der Waals surface area contributed by atoms with Crippen LogP contribution in [0, 0.1) is 17.2 Å². The normalized spacial score (nSPS) is 15.9. The Labute approximate surface area is 112 Å². The van der Waals surface area contributed by atoms with E-state index in [0.29, 0.717) is 31.1 Å². The molecule has 0 spiro atoms. The van der Waals surface area contributed by atoms with Crippen LogP contribution in [0.2, 0.25) is 0 Å². The third-order valence-electron chi connectivity index (χ3n) is 3.23. The maximum absolute atomic E-state index is 11.6. The maximum atomic E-state index is 11.6. The number of piperidine rings is 1. The van der Waals surface area contributed by atoms with E-state index in [1.54, 1.807) is 0 Å².